The van der Waals surface area contributed by atoms with Gasteiger partial charge in [0.1, 0.15) is 5.82 Å². The Hall–Kier alpha value is -1.46. The van der Waals surface area contributed by atoms with E-state index in [2.05, 4.69) is 5.32 Å². The lowest BCUT2D eigenvalue weighted by Crippen LogP contribution is -2.51. The van der Waals surface area contributed by atoms with Gasteiger partial charge in [0.25, 0.3) is 0 Å². The van der Waals surface area contributed by atoms with Crippen molar-refractivity contribution in [3.8, 4) is 0 Å². The van der Waals surface area contributed by atoms with Gasteiger partial charge < -0.3 is 15.8 Å². The molecule has 1 aromatic rings. The number of nitrogens with two attached hydrogens (primary N) is 1. The van der Waals surface area contributed by atoms with Crippen LogP contribution in [0.5, 0.6) is 0 Å². The zero-order chi connectivity index (χ0) is 17.7. The lowest BCUT2D eigenvalue weighted by Gasteiger charge is -2.38. The molecule has 3 N–H and O–H groups in total. The molecule has 1 unspecified atom stereocenters. The summed E-state index contributed by atoms with van der Waals surface area (Å²) in [6, 6.07) is 6.35. The van der Waals surface area contributed by atoms with Gasteiger partial charge in [0.2, 0.25) is 5.91 Å². The first-order valence-corrected chi connectivity index (χ1v) is 9.48. The summed E-state index contributed by atoms with van der Waals surface area (Å²) >= 11 is 0. The molecule has 138 valence electrons. The van der Waals surface area contributed by atoms with Crippen LogP contribution in [0.25, 0.3) is 0 Å². The fourth-order valence-electron chi connectivity index (χ4n) is 4.28. The van der Waals surface area contributed by atoms with Gasteiger partial charge in [-0.05, 0) is 49.3 Å². The zero-order valence-electron chi connectivity index (χ0n) is 14.8. The smallest absolute Gasteiger partial charge is 0.237 e. The second-order valence-electron chi connectivity index (χ2n) is 7.54. The Labute approximate surface area is 149 Å². The molecule has 0 radical (unpaired) electrons. The second kappa shape index (κ2) is 8.28. The molecular formula is C20H29FN2O2. The van der Waals surface area contributed by atoms with Crippen molar-refractivity contribution >= 4 is 5.91 Å². The highest BCUT2D eigenvalue weighted by Gasteiger charge is 2.35. The number of carbonyl (C=O) groups excluding carboxylic acids is 1. The van der Waals surface area contributed by atoms with Crippen LogP contribution in [0.4, 0.5) is 4.39 Å². The number of hydrogen-bond donors (Lipinski definition) is 2. The van der Waals surface area contributed by atoms with Crippen molar-refractivity contribution in [2.24, 2.45) is 11.7 Å². The van der Waals surface area contributed by atoms with E-state index in [-0.39, 0.29) is 23.1 Å². The van der Waals surface area contributed by atoms with E-state index < -0.39 is 6.04 Å². The highest BCUT2D eigenvalue weighted by atomic mass is 19.1. The van der Waals surface area contributed by atoms with E-state index in [1.165, 1.54) is 12.5 Å². The second-order valence-corrected chi connectivity index (χ2v) is 7.54. The van der Waals surface area contributed by atoms with Crippen molar-refractivity contribution < 1.29 is 13.9 Å². The Morgan fingerprint density at radius 2 is 2.00 bits per heavy atom. The summed E-state index contributed by atoms with van der Waals surface area (Å²) < 4.78 is 19.1. The standard InChI is InChI=1S/C20H29FN2O2/c21-17-6-4-5-16(13-17)20(9-2-1-3-10-20)14-23-19(24)18(22)15-7-11-25-12-8-15/h4-6,13,15,18H,1-3,7-12,14,22H2,(H,23,24). The third-order valence-electron chi connectivity index (χ3n) is 5.93. The van der Waals surface area contributed by atoms with Gasteiger partial charge in [-0.3, -0.25) is 4.79 Å². The summed E-state index contributed by atoms with van der Waals surface area (Å²) in [4.78, 5) is 12.6. The highest BCUT2D eigenvalue weighted by Crippen LogP contribution is 2.39. The average molecular weight is 348 g/mol. The number of hydrogen-bond acceptors (Lipinski definition) is 3. The van der Waals surface area contributed by atoms with Crippen LogP contribution in [0.3, 0.4) is 0 Å². The third-order valence-corrected chi connectivity index (χ3v) is 5.93. The molecule has 1 amide bonds. The summed E-state index contributed by atoms with van der Waals surface area (Å²) in [6.45, 7) is 1.89. The monoisotopic (exact) mass is 348 g/mol. The van der Waals surface area contributed by atoms with Crippen LogP contribution in [0.15, 0.2) is 24.3 Å². The molecule has 1 saturated heterocycles. The quantitative estimate of drug-likeness (QED) is 0.860. The fraction of sp³-hybridized carbons (Fsp3) is 0.650. The van der Waals surface area contributed by atoms with Crippen molar-refractivity contribution in [2.45, 2.75) is 56.4 Å². The summed E-state index contributed by atoms with van der Waals surface area (Å²) in [7, 11) is 0. The van der Waals surface area contributed by atoms with Crippen LogP contribution >= 0.6 is 0 Å². The number of benzene rings is 1. The maximum Gasteiger partial charge on any atom is 0.237 e. The highest BCUT2D eigenvalue weighted by molar-refractivity contribution is 5.82. The van der Waals surface area contributed by atoms with Crippen molar-refractivity contribution in [2.75, 3.05) is 19.8 Å². The summed E-state index contributed by atoms with van der Waals surface area (Å²) in [5, 5.41) is 3.08. The van der Waals surface area contributed by atoms with E-state index in [9.17, 15) is 9.18 Å². The maximum atomic E-state index is 13.7. The molecule has 1 aliphatic carbocycles. The number of carbonyl (C=O) groups is 1. The molecule has 1 saturated carbocycles. The molecular weight excluding hydrogens is 319 g/mol. The Balaban J connectivity index is 1.67. The van der Waals surface area contributed by atoms with E-state index >= 15 is 0 Å². The molecule has 2 aliphatic rings. The lowest BCUT2D eigenvalue weighted by molar-refractivity contribution is -0.124. The molecule has 0 spiro atoms. The van der Waals surface area contributed by atoms with Gasteiger partial charge in [0.15, 0.2) is 0 Å². The number of halogens is 1. The number of ether oxygens (including phenoxy) is 1. The van der Waals surface area contributed by atoms with Gasteiger partial charge in [-0.1, -0.05) is 31.4 Å². The van der Waals surface area contributed by atoms with Crippen LogP contribution < -0.4 is 11.1 Å². The molecule has 2 fully saturated rings. The van der Waals surface area contributed by atoms with Gasteiger partial charge in [-0.15, -0.1) is 0 Å². The molecule has 1 atom stereocenters. The van der Waals surface area contributed by atoms with Crippen LogP contribution in [-0.2, 0) is 14.9 Å². The minimum atomic E-state index is -0.489. The van der Waals surface area contributed by atoms with E-state index in [1.54, 1.807) is 12.1 Å². The van der Waals surface area contributed by atoms with E-state index in [1.807, 2.05) is 6.07 Å². The summed E-state index contributed by atoms with van der Waals surface area (Å²) in [6.07, 6.45) is 7.04. The van der Waals surface area contributed by atoms with Crippen molar-refractivity contribution in [3.63, 3.8) is 0 Å². The number of rotatable bonds is 5. The predicted octanol–water partition coefficient (Wildman–Crippen LogP) is 2.90. The van der Waals surface area contributed by atoms with Crippen LogP contribution in [0.2, 0.25) is 0 Å². The Morgan fingerprint density at radius 1 is 1.28 bits per heavy atom. The van der Waals surface area contributed by atoms with E-state index in [0.717, 1.165) is 44.1 Å². The SMILES string of the molecule is NC(C(=O)NCC1(c2cccc(F)c2)CCCCC1)C1CCOCC1. The minimum Gasteiger partial charge on any atom is -0.381 e. The molecule has 1 heterocycles. The first-order valence-electron chi connectivity index (χ1n) is 9.48. The first-order chi connectivity index (χ1) is 12.1. The minimum absolute atomic E-state index is 0.0896. The first kappa shape index (κ1) is 18.3. The average Bonchev–Trinajstić information content (AvgIpc) is 2.67. The van der Waals surface area contributed by atoms with E-state index in [0.29, 0.717) is 19.8 Å². The summed E-state index contributed by atoms with van der Waals surface area (Å²) in [5.41, 5.74) is 7.00. The Kier molecular flexibility index (Phi) is 6.07. The molecule has 4 nitrogen and oxygen atoms in total. The van der Waals surface area contributed by atoms with Gasteiger partial charge in [-0.2, -0.15) is 0 Å². The molecule has 3 rings (SSSR count). The molecule has 0 aromatic heterocycles. The molecule has 1 aliphatic heterocycles. The Morgan fingerprint density at radius 3 is 2.68 bits per heavy atom. The molecule has 1 aromatic carbocycles. The van der Waals surface area contributed by atoms with Crippen molar-refractivity contribution in [3.05, 3.63) is 35.6 Å². The van der Waals surface area contributed by atoms with Crippen LogP contribution in [-0.4, -0.2) is 31.7 Å². The lowest BCUT2D eigenvalue weighted by atomic mass is 9.69. The fourth-order valence-corrected chi connectivity index (χ4v) is 4.28. The Bertz CT molecular complexity index is 581. The van der Waals surface area contributed by atoms with Gasteiger partial charge in [0.05, 0.1) is 6.04 Å². The van der Waals surface area contributed by atoms with E-state index in [4.69, 9.17) is 10.5 Å². The normalized spacial score (nSPS) is 22.3. The zero-order valence-corrected chi connectivity index (χ0v) is 14.8. The number of nitrogens with one attached hydrogen (secondary N) is 1. The third kappa shape index (κ3) is 4.39. The van der Waals surface area contributed by atoms with Crippen molar-refractivity contribution in [1.82, 2.24) is 5.32 Å². The molecule has 5 heteroatoms. The van der Waals surface area contributed by atoms with Crippen LogP contribution in [0, 0.1) is 11.7 Å². The van der Waals surface area contributed by atoms with Gasteiger partial charge in [-0.25, -0.2) is 4.39 Å². The van der Waals surface area contributed by atoms with Crippen molar-refractivity contribution in [1.29, 1.82) is 0 Å². The molecule has 25 heavy (non-hydrogen) atoms. The molecule has 0 bridgehead atoms. The predicted molar refractivity (Wildman–Crippen MR) is 95.7 cm³/mol. The van der Waals surface area contributed by atoms with Crippen LogP contribution in [0.1, 0.15) is 50.5 Å². The maximum absolute atomic E-state index is 13.7. The topological polar surface area (TPSA) is 64.4 Å². The summed E-state index contributed by atoms with van der Waals surface area (Å²) in [5.74, 6) is -0.119. The van der Waals surface area contributed by atoms with Gasteiger partial charge in [0, 0.05) is 25.2 Å². The number of amides is 1. The largest absolute Gasteiger partial charge is 0.381 e. The van der Waals surface area contributed by atoms with Gasteiger partial charge >= 0.3 is 0 Å².